The summed E-state index contributed by atoms with van der Waals surface area (Å²) in [5.41, 5.74) is 2.32. The summed E-state index contributed by atoms with van der Waals surface area (Å²) in [5, 5.41) is 3.95. The number of hydrogen-bond donors (Lipinski definition) is 1. The Balaban J connectivity index is 0.00000336. The van der Waals surface area contributed by atoms with E-state index in [1.165, 1.54) is 13.3 Å². The molecule has 0 radical (unpaired) electrons. The number of anilines is 3. The molecule has 198 valence electrons. The van der Waals surface area contributed by atoms with Crippen molar-refractivity contribution in [1.29, 1.82) is 0 Å². The van der Waals surface area contributed by atoms with Crippen LogP contribution in [0.5, 0.6) is 0 Å². The molecule has 2 aliphatic rings. The number of nitrogens with zero attached hydrogens (tertiary/aromatic N) is 6. The minimum Gasteiger partial charge on any atom is -0.368 e. The molecule has 3 aromatic heterocycles. The first-order valence-corrected chi connectivity index (χ1v) is 13.5. The topological polar surface area (TPSA) is 96.2 Å². The lowest BCUT2D eigenvalue weighted by molar-refractivity contribution is 0.101. The maximum atomic E-state index is 13.4. The van der Waals surface area contributed by atoms with Crippen LogP contribution in [0, 0.1) is 6.92 Å². The van der Waals surface area contributed by atoms with Crippen molar-refractivity contribution in [2.45, 2.75) is 71.9 Å². The third kappa shape index (κ3) is 4.97. The molecule has 0 spiro atoms. The van der Waals surface area contributed by atoms with Gasteiger partial charge in [-0.1, -0.05) is 19.8 Å². The van der Waals surface area contributed by atoms with Crippen LogP contribution < -0.4 is 15.8 Å². The van der Waals surface area contributed by atoms with E-state index in [1.807, 2.05) is 12.3 Å². The Morgan fingerprint density at radius 3 is 2.49 bits per heavy atom. The van der Waals surface area contributed by atoms with Crippen molar-refractivity contribution in [2.75, 3.05) is 36.4 Å². The minimum absolute atomic E-state index is 0. The van der Waals surface area contributed by atoms with E-state index in [1.54, 1.807) is 17.7 Å². The predicted molar refractivity (Wildman–Crippen MR) is 149 cm³/mol. The Morgan fingerprint density at radius 2 is 1.86 bits per heavy atom. The van der Waals surface area contributed by atoms with E-state index in [-0.39, 0.29) is 24.4 Å². The maximum Gasteiger partial charge on any atom is 0.263 e. The number of carbonyl (C=O) groups is 1. The van der Waals surface area contributed by atoms with Gasteiger partial charge in [-0.25, -0.2) is 9.97 Å². The molecule has 9 nitrogen and oxygen atoms in total. The molecule has 37 heavy (non-hydrogen) atoms. The fourth-order valence-corrected chi connectivity index (χ4v) is 5.75. The van der Waals surface area contributed by atoms with E-state index in [0.29, 0.717) is 29.0 Å². The summed E-state index contributed by atoms with van der Waals surface area (Å²) in [4.78, 5) is 44.5. The molecule has 1 aliphatic heterocycles. The van der Waals surface area contributed by atoms with Crippen molar-refractivity contribution in [1.82, 2.24) is 24.4 Å². The zero-order valence-electron chi connectivity index (χ0n) is 22.3. The molecule has 2 fully saturated rings. The van der Waals surface area contributed by atoms with Gasteiger partial charge in [-0.05, 0) is 57.7 Å². The Kier molecular flexibility index (Phi) is 7.24. The van der Waals surface area contributed by atoms with Gasteiger partial charge in [0.2, 0.25) is 5.95 Å². The van der Waals surface area contributed by atoms with Crippen molar-refractivity contribution in [3.63, 3.8) is 0 Å². The van der Waals surface area contributed by atoms with Gasteiger partial charge in [0.05, 0.1) is 17.4 Å². The molecule has 0 amide bonds. The molecule has 1 atom stereocenters. The van der Waals surface area contributed by atoms with E-state index >= 15 is 0 Å². The first kappa shape index (κ1) is 25.3. The zero-order valence-corrected chi connectivity index (χ0v) is 22.3. The number of hydrogen-bond acceptors (Lipinski definition) is 8. The van der Waals surface area contributed by atoms with Crippen LogP contribution in [0.15, 0.2) is 29.3 Å². The van der Waals surface area contributed by atoms with Gasteiger partial charge < -0.3 is 10.2 Å². The first-order chi connectivity index (χ1) is 17.9. The van der Waals surface area contributed by atoms with Crippen LogP contribution in [0.4, 0.5) is 17.5 Å². The van der Waals surface area contributed by atoms with Gasteiger partial charge in [-0.15, -0.1) is 0 Å². The Hall–Kier alpha value is -3.33. The fraction of sp³-hybridized carbons (Fsp3) is 0.536. The normalized spacial score (nSPS) is 17.9. The van der Waals surface area contributed by atoms with Gasteiger partial charge in [0.15, 0.2) is 5.78 Å². The molecule has 1 aliphatic carbocycles. The highest BCUT2D eigenvalue weighted by Gasteiger charge is 2.26. The van der Waals surface area contributed by atoms with Gasteiger partial charge in [0, 0.05) is 51.3 Å². The highest BCUT2D eigenvalue weighted by Crippen LogP contribution is 2.32. The standard InChI is InChI=1S/C28H37N7O2.H2/c1-5-18(2)33-12-14-34(15-13-33)22-10-11-24(29-16-22)31-28-30-17-23-19(3)25(20(4)36)27(37)35(26(23)32-28)21-8-6-7-9-21;/h10-11,16-18,21H,5-9,12-15H2,1-4H3,(H,29,30,31,32);1H. The van der Waals surface area contributed by atoms with Crippen LogP contribution in [0.3, 0.4) is 0 Å². The van der Waals surface area contributed by atoms with Crippen LogP contribution >= 0.6 is 0 Å². The van der Waals surface area contributed by atoms with E-state index in [2.05, 4.69) is 45.0 Å². The third-order valence-corrected chi connectivity index (χ3v) is 8.13. The molecule has 0 aromatic carbocycles. The summed E-state index contributed by atoms with van der Waals surface area (Å²) >= 11 is 0. The lowest BCUT2D eigenvalue weighted by Crippen LogP contribution is -2.49. The summed E-state index contributed by atoms with van der Waals surface area (Å²) in [6.07, 6.45) is 8.74. The summed E-state index contributed by atoms with van der Waals surface area (Å²) in [5.74, 6) is 0.813. The number of pyridine rings is 2. The van der Waals surface area contributed by atoms with Crippen LogP contribution in [0.2, 0.25) is 0 Å². The van der Waals surface area contributed by atoms with Crippen molar-refractivity contribution < 1.29 is 6.22 Å². The SMILES string of the molecule is CCC(C)N1CCN(c2ccc(Nc3ncc4c(C)c(C(C)=O)c(=O)n(C5CCCC5)c4n3)nc2)CC1.[HH]. The number of nitrogens with one attached hydrogen (secondary N) is 1. The van der Waals surface area contributed by atoms with Gasteiger partial charge >= 0.3 is 0 Å². The van der Waals surface area contributed by atoms with Crippen molar-refractivity contribution in [3.05, 3.63) is 46.0 Å². The number of aromatic nitrogens is 4. The van der Waals surface area contributed by atoms with Gasteiger partial charge in [-0.3, -0.25) is 19.1 Å². The van der Waals surface area contributed by atoms with E-state index < -0.39 is 0 Å². The molecule has 4 heterocycles. The summed E-state index contributed by atoms with van der Waals surface area (Å²) in [7, 11) is 0. The predicted octanol–water partition coefficient (Wildman–Crippen LogP) is 4.72. The molecule has 0 bridgehead atoms. The summed E-state index contributed by atoms with van der Waals surface area (Å²) in [6.45, 7) is 11.9. The van der Waals surface area contributed by atoms with Crippen molar-refractivity contribution in [2.24, 2.45) is 0 Å². The Morgan fingerprint density at radius 1 is 1.14 bits per heavy atom. The molecule has 9 heteroatoms. The highest BCUT2D eigenvalue weighted by molar-refractivity contribution is 5.99. The summed E-state index contributed by atoms with van der Waals surface area (Å²) in [6, 6.07) is 4.69. The fourth-order valence-electron chi connectivity index (χ4n) is 5.75. The first-order valence-electron chi connectivity index (χ1n) is 13.5. The van der Waals surface area contributed by atoms with Crippen molar-refractivity contribution in [3.8, 4) is 0 Å². The van der Waals surface area contributed by atoms with E-state index in [0.717, 1.165) is 62.9 Å². The van der Waals surface area contributed by atoms with Crippen LogP contribution in [0.1, 0.15) is 76.3 Å². The molecule has 1 saturated heterocycles. The Labute approximate surface area is 219 Å². The van der Waals surface area contributed by atoms with Crippen LogP contribution in [-0.4, -0.2) is 62.4 Å². The van der Waals surface area contributed by atoms with E-state index in [9.17, 15) is 9.59 Å². The molecule has 3 aromatic rings. The number of aryl methyl sites for hydroxylation is 1. The maximum absolute atomic E-state index is 13.4. The molecule has 1 unspecified atom stereocenters. The van der Waals surface area contributed by atoms with E-state index in [4.69, 9.17) is 4.98 Å². The van der Waals surface area contributed by atoms with Gasteiger partial charge in [0.1, 0.15) is 11.5 Å². The average Bonchev–Trinajstić information content (AvgIpc) is 3.43. The largest absolute Gasteiger partial charge is 0.368 e. The van der Waals surface area contributed by atoms with Crippen molar-refractivity contribution >= 4 is 34.3 Å². The number of rotatable bonds is 7. The minimum atomic E-state index is -0.245. The molecule has 5 rings (SSSR count). The van der Waals surface area contributed by atoms with Crippen LogP contribution in [-0.2, 0) is 0 Å². The number of fused-ring (bicyclic) bond motifs is 1. The van der Waals surface area contributed by atoms with Crippen LogP contribution in [0.25, 0.3) is 11.0 Å². The zero-order chi connectivity index (χ0) is 26.1. The molecular weight excluding hydrogens is 466 g/mol. The van der Waals surface area contributed by atoms with Gasteiger partial charge in [0.25, 0.3) is 5.56 Å². The third-order valence-electron chi connectivity index (χ3n) is 8.13. The second-order valence-corrected chi connectivity index (χ2v) is 10.4. The lowest BCUT2D eigenvalue weighted by Gasteiger charge is -2.38. The second kappa shape index (κ2) is 10.6. The number of Topliss-reactive ketones (excluding diaryl/α,β-unsaturated/α-hetero) is 1. The number of piperazine rings is 1. The Bertz CT molecular complexity index is 1340. The summed E-state index contributed by atoms with van der Waals surface area (Å²) < 4.78 is 1.73. The smallest absolute Gasteiger partial charge is 0.263 e. The second-order valence-electron chi connectivity index (χ2n) is 10.4. The lowest BCUT2D eigenvalue weighted by atomic mass is 10.0. The molecule has 1 saturated carbocycles. The molecule has 1 N–H and O–H groups in total. The number of carbonyl (C=O) groups excluding carboxylic acids is 1. The quantitative estimate of drug-likeness (QED) is 0.461. The average molecular weight is 506 g/mol. The molecular formula is C28H39N7O2. The number of ketones is 1. The van der Waals surface area contributed by atoms with Gasteiger partial charge in [-0.2, -0.15) is 4.98 Å². The monoisotopic (exact) mass is 505 g/mol. The highest BCUT2D eigenvalue weighted by atomic mass is 16.1.